The Bertz CT molecular complexity index is 95.0. The molecule has 0 unspecified atom stereocenters. The largest absolute Gasteiger partial charge is 0.463 e. The Hall–Kier alpha value is -0.0900. The van der Waals surface area contributed by atoms with E-state index in [1.165, 1.54) is 0 Å². The Balaban J connectivity index is 2.96. The highest BCUT2D eigenvalue weighted by atomic mass is 79.9. The molecule has 0 bridgehead atoms. The molecule has 0 aromatic rings. The van der Waals surface area contributed by atoms with E-state index in [0.717, 1.165) is 0 Å². The van der Waals surface area contributed by atoms with Gasteiger partial charge in [0.1, 0.15) is 11.9 Å². The van der Waals surface area contributed by atoms with E-state index in [1.807, 2.05) is 6.92 Å². The second-order valence-corrected chi connectivity index (χ2v) is 2.11. The summed E-state index contributed by atoms with van der Waals surface area (Å²) >= 11 is 2.97. The lowest BCUT2D eigenvalue weighted by Gasteiger charge is -2.01. The van der Waals surface area contributed by atoms with Gasteiger partial charge in [-0.05, 0) is 6.92 Å². The van der Waals surface area contributed by atoms with Crippen molar-refractivity contribution in [2.24, 2.45) is 0 Å². The first kappa shape index (κ1) is 9.91. The van der Waals surface area contributed by atoms with Gasteiger partial charge in [-0.15, -0.1) is 0 Å². The molecule has 60 valence electrons. The van der Waals surface area contributed by atoms with Gasteiger partial charge in [0.05, 0.1) is 6.61 Å². The number of hydrogen-bond donors (Lipinski definition) is 0. The van der Waals surface area contributed by atoms with Crippen LogP contribution >= 0.6 is 15.9 Å². The fourth-order valence-electron chi connectivity index (χ4n) is 0.397. The summed E-state index contributed by atoms with van der Waals surface area (Å²) in [7, 11) is 0. The minimum absolute atomic E-state index is 0.249. The maximum atomic E-state index is 10.5. The summed E-state index contributed by atoms with van der Waals surface area (Å²) in [5, 5.41) is 0.249. The molecule has 0 aliphatic heterocycles. The van der Waals surface area contributed by atoms with Crippen LogP contribution in [0.1, 0.15) is 6.92 Å². The number of carbonyl (C=O) groups is 1. The molecular formula is C6H11BrO3. The van der Waals surface area contributed by atoms with Gasteiger partial charge < -0.3 is 9.47 Å². The van der Waals surface area contributed by atoms with Crippen molar-refractivity contribution in [3.8, 4) is 0 Å². The Morgan fingerprint density at radius 3 is 2.70 bits per heavy atom. The van der Waals surface area contributed by atoms with E-state index in [2.05, 4.69) is 20.7 Å². The zero-order valence-electron chi connectivity index (χ0n) is 5.93. The van der Waals surface area contributed by atoms with E-state index in [0.29, 0.717) is 19.8 Å². The molecule has 0 aliphatic rings. The molecule has 0 amide bonds. The fraction of sp³-hybridized carbons (Fsp3) is 0.833. The summed E-state index contributed by atoms with van der Waals surface area (Å²) < 4.78 is 9.62. The van der Waals surface area contributed by atoms with Crippen LogP contribution < -0.4 is 0 Å². The molecule has 0 fully saturated rings. The number of carbonyl (C=O) groups excluding carboxylic acids is 1. The van der Waals surface area contributed by atoms with Crippen molar-refractivity contribution in [3.05, 3.63) is 0 Å². The van der Waals surface area contributed by atoms with Crippen LogP contribution in [0.4, 0.5) is 0 Å². The number of hydrogen-bond acceptors (Lipinski definition) is 3. The summed E-state index contributed by atoms with van der Waals surface area (Å²) in [6.07, 6.45) is 0. The zero-order chi connectivity index (χ0) is 7.82. The second-order valence-electron chi connectivity index (χ2n) is 1.55. The summed E-state index contributed by atoms with van der Waals surface area (Å²) in [5.41, 5.74) is 0. The molecule has 0 N–H and O–H groups in total. The van der Waals surface area contributed by atoms with E-state index in [-0.39, 0.29) is 11.3 Å². The van der Waals surface area contributed by atoms with Crippen molar-refractivity contribution in [2.45, 2.75) is 6.92 Å². The molecule has 0 aliphatic carbocycles. The van der Waals surface area contributed by atoms with Crippen molar-refractivity contribution >= 4 is 21.9 Å². The van der Waals surface area contributed by atoms with Crippen molar-refractivity contribution in [1.29, 1.82) is 0 Å². The van der Waals surface area contributed by atoms with Crippen LogP contribution in [-0.2, 0) is 14.3 Å². The van der Waals surface area contributed by atoms with Crippen molar-refractivity contribution < 1.29 is 14.3 Å². The van der Waals surface area contributed by atoms with E-state index in [9.17, 15) is 4.79 Å². The molecule has 0 rings (SSSR count). The van der Waals surface area contributed by atoms with E-state index in [4.69, 9.17) is 4.74 Å². The average molecular weight is 211 g/mol. The monoisotopic (exact) mass is 210 g/mol. The third-order valence-corrected chi connectivity index (χ3v) is 1.26. The summed E-state index contributed by atoms with van der Waals surface area (Å²) in [6, 6.07) is 0. The average Bonchev–Trinajstić information content (AvgIpc) is 1.98. The lowest BCUT2D eigenvalue weighted by atomic mass is 10.7. The normalized spacial score (nSPS) is 9.40. The predicted molar refractivity (Wildman–Crippen MR) is 41.2 cm³/mol. The van der Waals surface area contributed by atoms with Crippen LogP contribution in [0.15, 0.2) is 0 Å². The van der Waals surface area contributed by atoms with Gasteiger partial charge in [-0.3, -0.25) is 4.79 Å². The molecule has 0 saturated carbocycles. The lowest BCUT2D eigenvalue weighted by Crippen LogP contribution is -2.10. The Kier molecular flexibility index (Phi) is 6.96. The number of halogens is 1. The molecule has 10 heavy (non-hydrogen) atoms. The second kappa shape index (κ2) is 7.02. The van der Waals surface area contributed by atoms with Gasteiger partial charge >= 0.3 is 5.97 Å². The third kappa shape index (κ3) is 6.04. The third-order valence-electron chi connectivity index (χ3n) is 0.804. The number of alkyl halides is 1. The van der Waals surface area contributed by atoms with Gasteiger partial charge in [0.2, 0.25) is 0 Å². The minimum atomic E-state index is -0.250. The summed E-state index contributed by atoms with van der Waals surface area (Å²) in [4.78, 5) is 10.5. The van der Waals surface area contributed by atoms with Crippen LogP contribution in [-0.4, -0.2) is 31.1 Å². The Morgan fingerprint density at radius 2 is 2.20 bits per heavy atom. The lowest BCUT2D eigenvalue weighted by molar-refractivity contribution is -0.141. The quantitative estimate of drug-likeness (QED) is 0.386. The Labute approximate surface area is 68.8 Å². The highest BCUT2D eigenvalue weighted by molar-refractivity contribution is 9.09. The van der Waals surface area contributed by atoms with Crippen LogP contribution in [0.3, 0.4) is 0 Å². The molecule has 0 radical (unpaired) electrons. The number of rotatable bonds is 5. The van der Waals surface area contributed by atoms with Gasteiger partial charge in [-0.1, -0.05) is 15.9 Å². The van der Waals surface area contributed by atoms with Crippen molar-refractivity contribution in [3.63, 3.8) is 0 Å². The van der Waals surface area contributed by atoms with Crippen LogP contribution in [0.2, 0.25) is 0 Å². The molecule has 0 atom stereocenters. The Morgan fingerprint density at radius 1 is 1.50 bits per heavy atom. The van der Waals surface area contributed by atoms with Gasteiger partial charge in [0, 0.05) is 6.61 Å². The van der Waals surface area contributed by atoms with E-state index in [1.54, 1.807) is 0 Å². The minimum Gasteiger partial charge on any atom is -0.463 e. The fourth-order valence-corrected chi connectivity index (χ4v) is 0.559. The standard InChI is InChI=1S/C6H11BrO3/c1-2-9-3-4-10-6(8)5-7/h2-5H2,1H3. The topological polar surface area (TPSA) is 35.5 Å². The van der Waals surface area contributed by atoms with E-state index >= 15 is 0 Å². The first-order valence-corrected chi connectivity index (χ1v) is 4.22. The molecule has 0 saturated heterocycles. The molecule has 0 aromatic heterocycles. The highest BCUT2D eigenvalue weighted by Crippen LogP contribution is 1.85. The van der Waals surface area contributed by atoms with Gasteiger partial charge in [0.25, 0.3) is 0 Å². The van der Waals surface area contributed by atoms with Gasteiger partial charge in [0.15, 0.2) is 0 Å². The number of ether oxygens (including phenoxy) is 2. The van der Waals surface area contributed by atoms with Crippen molar-refractivity contribution in [1.82, 2.24) is 0 Å². The van der Waals surface area contributed by atoms with Crippen LogP contribution in [0, 0.1) is 0 Å². The highest BCUT2D eigenvalue weighted by Gasteiger charge is 1.96. The van der Waals surface area contributed by atoms with Gasteiger partial charge in [-0.25, -0.2) is 0 Å². The smallest absolute Gasteiger partial charge is 0.316 e. The summed E-state index contributed by atoms with van der Waals surface area (Å²) in [6.45, 7) is 3.38. The summed E-state index contributed by atoms with van der Waals surface area (Å²) in [5.74, 6) is -0.250. The molecule has 3 nitrogen and oxygen atoms in total. The van der Waals surface area contributed by atoms with Crippen LogP contribution in [0.25, 0.3) is 0 Å². The van der Waals surface area contributed by atoms with Gasteiger partial charge in [-0.2, -0.15) is 0 Å². The first-order valence-electron chi connectivity index (χ1n) is 3.10. The molecular weight excluding hydrogens is 200 g/mol. The number of esters is 1. The maximum absolute atomic E-state index is 10.5. The molecule has 0 heterocycles. The SMILES string of the molecule is CCOCCOC(=O)CBr. The molecule has 4 heteroatoms. The van der Waals surface area contributed by atoms with E-state index < -0.39 is 0 Å². The zero-order valence-corrected chi connectivity index (χ0v) is 7.52. The predicted octanol–water partition coefficient (Wildman–Crippen LogP) is 0.961. The van der Waals surface area contributed by atoms with Crippen LogP contribution in [0.5, 0.6) is 0 Å². The first-order chi connectivity index (χ1) is 4.81. The maximum Gasteiger partial charge on any atom is 0.316 e. The molecule has 0 aromatic carbocycles. The molecule has 0 spiro atoms. The van der Waals surface area contributed by atoms with Crippen molar-refractivity contribution in [2.75, 3.05) is 25.2 Å².